The first kappa shape index (κ1) is 16.8. The third kappa shape index (κ3) is 3.63. The van der Waals surface area contributed by atoms with Gasteiger partial charge in [-0.2, -0.15) is 0 Å². The average Bonchev–Trinajstić information content (AvgIpc) is 3.08. The Kier molecular flexibility index (Phi) is 4.71. The second kappa shape index (κ2) is 7.30. The molecule has 0 amide bonds. The quantitative estimate of drug-likeness (QED) is 0.769. The molecule has 0 aliphatic heterocycles. The summed E-state index contributed by atoms with van der Waals surface area (Å²) in [7, 11) is 0. The maximum atomic E-state index is 12.4. The van der Waals surface area contributed by atoms with Crippen molar-refractivity contribution < 1.29 is 4.42 Å². The number of hydrogen-bond acceptors (Lipinski definition) is 4. The van der Waals surface area contributed by atoms with Gasteiger partial charge in [-0.15, -0.1) is 0 Å². The van der Waals surface area contributed by atoms with Gasteiger partial charge in [0.2, 0.25) is 0 Å². The number of aryl methyl sites for hydroxylation is 1. The van der Waals surface area contributed by atoms with Crippen LogP contribution in [-0.4, -0.2) is 15.6 Å². The molecule has 0 unspecified atom stereocenters. The zero-order chi connectivity index (χ0) is 17.9. The Hall–Kier alpha value is -2.66. The van der Waals surface area contributed by atoms with Crippen molar-refractivity contribution in [2.75, 3.05) is 0 Å². The van der Waals surface area contributed by atoms with Crippen LogP contribution >= 0.6 is 0 Å². The zero-order valence-electron chi connectivity index (χ0n) is 14.9. The highest BCUT2D eigenvalue weighted by molar-refractivity contribution is 5.27. The SMILES string of the molecule is Cc1ccc(CN[C@@H]2CCc3c(ccc(=O)n3Cc3cccnc3)C2)o1. The normalized spacial score (nSPS) is 16.4. The number of furan rings is 1. The largest absolute Gasteiger partial charge is 0.465 e. The van der Waals surface area contributed by atoms with Gasteiger partial charge in [0.25, 0.3) is 5.56 Å². The van der Waals surface area contributed by atoms with Crippen LogP contribution in [0.1, 0.15) is 34.8 Å². The molecule has 134 valence electrons. The molecule has 0 saturated carbocycles. The van der Waals surface area contributed by atoms with Crippen LogP contribution in [0.15, 0.2) is 58.0 Å². The fourth-order valence-corrected chi connectivity index (χ4v) is 3.67. The van der Waals surface area contributed by atoms with E-state index in [0.717, 1.165) is 48.6 Å². The lowest BCUT2D eigenvalue weighted by Crippen LogP contribution is -2.37. The summed E-state index contributed by atoms with van der Waals surface area (Å²) in [5.41, 5.74) is 3.53. The predicted octanol–water partition coefficient (Wildman–Crippen LogP) is 2.84. The van der Waals surface area contributed by atoms with Crippen LogP contribution in [0.5, 0.6) is 0 Å². The smallest absolute Gasteiger partial charge is 0.251 e. The van der Waals surface area contributed by atoms with Gasteiger partial charge in [-0.05, 0) is 55.5 Å². The van der Waals surface area contributed by atoms with Crippen molar-refractivity contribution in [3.63, 3.8) is 0 Å². The lowest BCUT2D eigenvalue weighted by atomic mass is 9.91. The molecule has 5 nitrogen and oxygen atoms in total. The van der Waals surface area contributed by atoms with E-state index in [9.17, 15) is 4.79 Å². The standard InChI is InChI=1S/C21H23N3O2/c1-15-4-7-19(26-15)13-23-18-6-8-20-17(11-18)5-9-21(25)24(20)14-16-3-2-10-22-12-16/h2-5,7,9-10,12,18,23H,6,8,11,13-14H2,1H3/t18-/m1/s1. The summed E-state index contributed by atoms with van der Waals surface area (Å²) < 4.78 is 7.53. The third-order valence-electron chi connectivity index (χ3n) is 5.01. The molecule has 3 heterocycles. The maximum Gasteiger partial charge on any atom is 0.251 e. The Morgan fingerprint density at radius 3 is 2.96 bits per heavy atom. The number of aromatic nitrogens is 2. The molecule has 0 aromatic carbocycles. The molecule has 1 N–H and O–H groups in total. The van der Waals surface area contributed by atoms with Crippen LogP contribution in [0, 0.1) is 6.92 Å². The van der Waals surface area contributed by atoms with Crippen molar-refractivity contribution in [3.05, 3.63) is 87.5 Å². The minimum Gasteiger partial charge on any atom is -0.465 e. The highest BCUT2D eigenvalue weighted by Crippen LogP contribution is 2.21. The second-order valence-electron chi connectivity index (χ2n) is 6.92. The zero-order valence-corrected chi connectivity index (χ0v) is 14.9. The fraction of sp³-hybridized carbons (Fsp3) is 0.333. The predicted molar refractivity (Wildman–Crippen MR) is 100 cm³/mol. The highest BCUT2D eigenvalue weighted by Gasteiger charge is 2.21. The van der Waals surface area contributed by atoms with E-state index in [2.05, 4.69) is 10.3 Å². The molecule has 3 aromatic rings. The van der Waals surface area contributed by atoms with E-state index in [1.54, 1.807) is 12.3 Å². The Bertz CT molecular complexity index is 943. The van der Waals surface area contributed by atoms with Gasteiger partial charge in [0.05, 0.1) is 13.1 Å². The Labute approximate surface area is 152 Å². The van der Waals surface area contributed by atoms with E-state index < -0.39 is 0 Å². The summed E-state index contributed by atoms with van der Waals surface area (Å²) >= 11 is 0. The van der Waals surface area contributed by atoms with E-state index >= 15 is 0 Å². The van der Waals surface area contributed by atoms with E-state index in [-0.39, 0.29) is 5.56 Å². The van der Waals surface area contributed by atoms with Crippen LogP contribution in [0.3, 0.4) is 0 Å². The van der Waals surface area contributed by atoms with Crippen molar-refractivity contribution >= 4 is 0 Å². The third-order valence-corrected chi connectivity index (χ3v) is 5.01. The van der Waals surface area contributed by atoms with Gasteiger partial charge in [0.15, 0.2) is 0 Å². The summed E-state index contributed by atoms with van der Waals surface area (Å²) in [6.07, 6.45) is 6.43. The van der Waals surface area contributed by atoms with Gasteiger partial charge in [-0.1, -0.05) is 12.1 Å². The van der Waals surface area contributed by atoms with Crippen LogP contribution in [0.4, 0.5) is 0 Å². The van der Waals surface area contributed by atoms with E-state index in [1.807, 2.05) is 48.0 Å². The van der Waals surface area contributed by atoms with E-state index in [1.165, 1.54) is 5.56 Å². The van der Waals surface area contributed by atoms with Crippen LogP contribution in [0.2, 0.25) is 0 Å². The van der Waals surface area contributed by atoms with Crippen LogP contribution < -0.4 is 10.9 Å². The lowest BCUT2D eigenvalue weighted by Gasteiger charge is -2.27. The molecular weight excluding hydrogens is 326 g/mol. The maximum absolute atomic E-state index is 12.4. The number of hydrogen-bond donors (Lipinski definition) is 1. The first-order valence-electron chi connectivity index (χ1n) is 9.08. The van der Waals surface area contributed by atoms with Gasteiger partial charge >= 0.3 is 0 Å². The summed E-state index contributed by atoms with van der Waals surface area (Å²) in [4.78, 5) is 16.6. The molecule has 5 heteroatoms. The molecule has 1 atom stereocenters. The summed E-state index contributed by atoms with van der Waals surface area (Å²) in [5.74, 6) is 1.91. The minimum absolute atomic E-state index is 0.0603. The molecular formula is C21H23N3O2. The molecule has 1 aliphatic rings. The molecule has 4 rings (SSSR count). The van der Waals surface area contributed by atoms with Gasteiger partial charge in [0.1, 0.15) is 11.5 Å². The number of nitrogens with one attached hydrogen (secondary N) is 1. The second-order valence-corrected chi connectivity index (χ2v) is 6.92. The van der Waals surface area contributed by atoms with Crippen molar-refractivity contribution in [1.82, 2.24) is 14.9 Å². The first-order chi connectivity index (χ1) is 12.7. The minimum atomic E-state index is 0.0603. The molecule has 3 aromatic heterocycles. The highest BCUT2D eigenvalue weighted by atomic mass is 16.3. The van der Waals surface area contributed by atoms with Crippen molar-refractivity contribution in [2.45, 2.75) is 45.3 Å². The lowest BCUT2D eigenvalue weighted by molar-refractivity contribution is 0.402. The average molecular weight is 349 g/mol. The number of rotatable bonds is 5. The van der Waals surface area contributed by atoms with Crippen molar-refractivity contribution in [1.29, 1.82) is 0 Å². The molecule has 26 heavy (non-hydrogen) atoms. The number of fused-ring (bicyclic) bond motifs is 1. The molecule has 1 aliphatic carbocycles. The van der Waals surface area contributed by atoms with Gasteiger partial charge in [0, 0.05) is 30.2 Å². The summed E-state index contributed by atoms with van der Waals surface area (Å²) in [6, 6.07) is 12.0. The Balaban J connectivity index is 1.49. The van der Waals surface area contributed by atoms with Crippen molar-refractivity contribution in [3.8, 4) is 0 Å². The van der Waals surface area contributed by atoms with Gasteiger partial charge < -0.3 is 14.3 Å². The van der Waals surface area contributed by atoms with Crippen LogP contribution in [0.25, 0.3) is 0 Å². The van der Waals surface area contributed by atoms with E-state index in [0.29, 0.717) is 12.6 Å². The molecule has 0 radical (unpaired) electrons. The summed E-state index contributed by atoms with van der Waals surface area (Å²) in [6.45, 7) is 3.28. The molecule has 0 spiro atoms. The van der Waals surface area contributed by atoms with Crippen molar-refractivity contribution in [2.24, 2.45) is 0 Å². The molecule has 0 saturated heterocycles. The van der Waals surface area contributed by atoms with Crippen LogP contribution in [-0.2, 0) is 25.9 Å². The Morgan fingerprint density at radius 1 is 1.27 bits per heavy atom. The number of nitrogens with zero attached hydrogens (tertiary/aromatic N) is 2. The monoisotopic (exact) mass is 349 g/mol. The van der Waals surface area contributed by atoms with Gasteiger partial charge in [-0.3, -0.25) is 9.78 Å². The fourth-order valence-electron chi connectivity index (χ4n) is 3.67. The molecule has 0 bridgehead atoms. The summed E-state index contributed by atoms with van der Waals surface area (Å²) in [5, 5.41) is 3.58. The topological polar surface area (TPSA) is 60.1 Å². The van der Waals surface area contributed by atoms with Gasteiger partial charge in [-0.25, -0.2) is 0 Å². The number of pyridine rings is 2. The molecule has 0 fully saturated rings. The first-order valence-corrected chi connectivity index (χ1v) is 9.08. The Morgan fingerprint density at radius 2 is 2.19 bits per heavy atom. The van der Waals surface area contributed by atoms with E-state index in [4.69, 9.17) is 4.42 Å².